The van der Waals surface area contributed by atoms with Gasteiger partial charge in [0, 0.05) is 24.9 Å². The van der Waals surface area contributed by atoms with Crippen LogP contribution in [0.5, 0.6) is 0 Å². The molecule has 7 heteroatoms. The number of carbonyl (C=O) groups excluding carboxylic acids is 1. The van der Waals surface area contributed by atoms with Gasteiger partial charge in [0.1, 0.15) is 5.82 Å². The number of amides is 1. The number of benzene rings is 1. The van der Waals surface area contributed by atoms with Crippen LogP contribution in [0.3, 0.4) is 0 Å². The molecule has 0 radical (unpaired) electrons. The second-order valence-corrected chi connectivity index (χ2v) is 4.08. The van der Waals surface area contributed by atoms with Crippen LogP contribution in [0, 0.1) is 10.1 Å². The van der Waals surface area contributed by atoms with Gasteiger partial charge in [-0.3, -0.25) is 14.9 Å². The zero-order valence-corrected chi connectivity index (χ0v) is 10.4. The molecular formula is C13H12N4O3. The molecule has 0 saturated heterocycles. The Labute approximate surface area is 114 Å². The summed E-state index contributed by atoms with van der Waals surface area (Å²) < 4.78 is 0. The molecule has 2 aromatic rings. The Morgan fingerprint density at radius 3 is 2.80 bits per heavy atom. The Morgan fingerprint density at radius 2 is 2.15 bits per heavy atom. The lowest BCUT2D eigenvalue weighted by Gasteiger charge is -2.05. The van der Waals surface area contributed by atoms with E-state index >= 15 is 0 Å². The van der Waals surface area contributed by atoms with E-state index in [4.69, 9.17) is 5.73 Å². The Morgan fingerprint density at radius 1 is 1.35 bits per heavy atom. The lowest BCUT2D eigenvalue weighted by molar-refractivity contribution is -0.384. The van der Waals surface area contributed by atoms with E-state index in [9.17, 15) is 14.9 Å². The number of hydrogen-bond donors (Lipinski definition) is 2. The van der Waals surface area contributed by atoms with Crippen molar-refractivity contribution >= 4 is 17.4 Å². The van der Waals surface area contributed by atoms with E-state index in [0.717, 1.165) is 0 Å². The van der Waals surface area contributed by atoms with Crippen molar-refractivity contribution < 1.29 is 9.72 Å². The third-order valence-corrected chi connectivity index (χ3v) is 2.62. The van der Waals surface area contributed by atoms with E-state index in [1.165, 1.54) is 24.4 Å². The number of anilines is 1. The van der Waals surface area contributed by atoms with E-state index in [-0.39, 0.29) is 18.1 Å². The average molecular weight is 272 g/mol. The van der Waals surface area contributed by atoms with Gasteiger partial charge in [-0.1, -0.05) is 12.1 Å². The number of aromatic nitrogens is 1. The molecule has 1 aromatic heterocycles. The van der Waals surface area contributed by atoms with Crippen LogP contribution >= 0.6 is 0 Å². The maximum absolute atomic E-state index is 11.8. The van der Waals surface area contributed by atoms with Crippen molar-refractivity contribution in [2.45, 2.75) is 6.54 Å². The standard InChI is InChI=1S/C13H12N4O3/c14-12-5-4-10(8-15-12)13(18)16-7-9-2-1-3-11(6-9)17(19)20/h1-6,8H,7H2,(H2,14,15)(H,16,18). The van der Waals surface area contributed by atoms with E-state index in [0.29, 0.717) is 16.9 Å². The largest absolute Gasteiger partial charge is 0.384 e. The van der Waals surface area contributed by atoms with Crippen LogP contribution in [-0.4, -0.2) is 15.8 Å². The molecule has 0 aliphatic heterocycles. The molecule has 7 nitrogen and oxygen atoms in total. The minimum absolute atomic E-state index is 0.00843. The Kier molecular flexibility index (Phi) is 3.90. The summed E-state index contributed by atoms with van der Waals surface area (Å²) in [4.78, 5) is 25.8. The molecule has 1 amide bonds. The number of nitrogen functional groups attached to an aromatic ring is 1. The summed E-state index contributed by atoms with van der Waals surface area (Å²) >= 11 is 0. The van der Waals surface area contributed by atoms with Crippen molar-refractivity contribution in [1.82, 2.24) is 10.3 Å². The second-order valence-electron chi connectivity index (χ2n) is 4.08. The topological polar surface area (TPSA) is 111 Å². The van der Waals surface area contributed by atoms with Crippen LogP contribution in [0.25, 0.3) is 0 Å². The number of nitro groups is 1. The van der Waals surface area contributed by atoms with E-state index < -0.39 is 4.92 Å². The first-order valence-corrected chi connectivity index (χ1v) is 5.79. The zero-order valence-electron chi connectivity index (χ0n) is 10.4. The molecule has 0 bridgehead atoms. The highest BCUT2D eigenvalue weighted by Gasteiger charge is 2.08. The molecule has 1 aromatic carbocycles. The van der Waals surface area contributed by atoms with Crippen molar-refractivity contribution in [3.63, 3.8) is 0 Å². The van der Waals surface area contributed by atoms with Gasteiger partial charge in [-0.15, -0.1) is 0 Å². The van der Waals surface area contributed by atoms with Gasteiger partial charge in [0.2, 0.25) is 0 Å². The zero-order chi connectivity index (χ0) is 14.5. The van der Waals surface area contributed by atoms with Crippen molar-refractivity contribution in [2.75, 3.05) is 5.73 Å². The molecule has 3 N–H and O–H groups in total. The van der Waals surface area contributed by atoms with E-state index in [1.54, 1.807) is 18.2 Å². The highest BCUT2D eigenvalue weighted by atomic mass is 16.6. The minimum atomic E-state index is -0.477. The number of nitro benzene ring substituents is 1. The van der Waals surface area contributed by atoms with Crippen LogP contribution in [-0.2, 0) is 6.54 Å². The molecule has 20 heavy (non-hydrogen) atoms. The van der Waals surface area contributed by atoms with Gasteiger partial charge in [0.15, 0.2) is 0 Å². The van der Waals surface area contributed by atoms with Crippen LogP contribution in [0.4, 0.5) is 11.5 Å². The summed E-state index contributed by atoms with van der Waals surface area (Å²) in [7, 11) is 0. The van der Waals surface area contributed by atoms with Gasteiger partial charge in [0.25, 0.3) is 11.6 Å². The number of nitrogens with zero attached hydrogens (tertiary/aromatic N) is 2. The summed E-state index contributed by atoms with van der Waals surface area (Å²) in [6.07, 6.45) is 1.37. The molecule has 0 spiro atoms. The van der Waals surface area contributed by atoms with Crippen LogP contribution in [0.15, 0.2) is 42.6 Å². The van der Waals surface area contributed by atoms with Crippen LogP contribution in [0.1, 0.15) is 15.9 Å². The number of non-ortho nitro benzene ring substituents is 1. The number of carbonyl (C=O) groups is 1. The maximum Gasteiger partial charge on any atom is 0.269 e. The van der Waals surface area contributed by atoms with Crippen LogP contribution in [0.2, 0.25) is 0 Å². The maximum atomic E-state index is 11.8. The van der Waals surface area contributed by atoms with E-state index in [1.807, 2.05) is 0 Å². The third-order valence-electron chi connectivity index (χ3n) is 2.62. The Bertz CT molecular complexity index is 640. The fourth-order valence-electron chi connectivity index (χ4n) is 1.60. The molecule has 0 atom stereocenters. The summed E-state index contributed by atoms with van der Waals surface area (Å²) in [5, 5.41) is 13.3. The highest BCUT2D eigenvalue weighted by molar-refractivity contribution is 5.93. The van der Waals surface area contributed by atoms with Crippen molar-refractivity contribution in [3.8, 4) is 0 Å². The predicted molar refractivity (Wildman–Crippen MR) is 72.9 cm³/mol. The van der Waals surface area contributed by atoms with Gasteiger partial charge in [-0.25, -0.2) is 4.98 Å². The fraction of sp³-hybridized carbons (Fsp3) is 0.0769. The van der Waals surface area contributed by atoms with Gasteiger partial charge >= 0.3 is 0 Å². The summed E-state index contributed by atoms with van der Waals surface area (Å²) in [5.74, 6) is 0.0178. The molecular weight excluding hydrogens is 260 g/mol. The van der Waals surface area contributed by atoms with Crippen LogP contribution < -0.4 is 11.1 Å². The van der Waals surface area contributed by atoms with Crippen molar-refractivity contribution in [2.24, 2.45) is 0 Å². The summed E-state index contributed by atoms with van der Waals surface area (Å²) in [6.45, 7) is 0.199. The fourth-order valence-corrected chi connectivity index (χ4v) is 1.60. The van der Waals surface area contributed by atoms with Gasteiger partial charge in [-0.2, -0.15) is 0 Å². The lowest BCUT2D eigenvalue weighted by Crippen LogP contribution is -2.23. The molecule has 0 saturated carbocycles. The third kappa shape index (κ3) is 3.29. The van der Waals surface area contributed by atoms with Gasteiger partial charge in [-0.05, 0) is 17.7 Å². The van der Waals surface area contributed by atoms with Gasteiger partial charge in [0.05, 0.1) is 10.5 Å². The van der Waals surface area contributed by atoms with Crippen molar-refractivity contribution in [3.05, 3.63) is 63.8 Å². The molecule has 2 rings (SSSR count). The number of nitrogens with one attached hydrogen (secondary N) is 1. The van der Waals surface area contributed by atoms with Gasteiger partial charge < -0.3 is 11.1 Å². The molecule has 0 fully saturated rings. The second kappa shape index (κ2) is 5.79. The first-order valence-electron chi connectivity index (χ1n) is 5.79. The highest BCUT2D eigenvalue weighted by Crippen LogP contribution is 2.13. The smallest absolute Gasteiger partial charge is 0.269 e. The summed E-state index contributed by atoms with van der Waals surface area (Å²) in [5.41, 5.74) is 6.45. The number of rotatable bonds is 4. The molecule has 0 aliphatic carbocycles. The quantitative estimate of drug-likeness (QED) is 0.647. The van der Waals surface area contributed by atoms with E-state index in [2.05, 4.69) is 10.3 Å². The monoisotopic (exact) mass is 272 g/mol. The number of pyridine rings is 1. The molecule has 0 aliphatic rings. The normalized spacial score (nSPS) is 10.0. The minimum Gasteiger partial charge on any atom is -0.384 e. The molecule has 0 unspecified atom stereocenters. The van der Waals surface area contributed by atoms with Crippen molar-refractivity contribution in [1.29, 1.82) is 0 Å². The molecule has 102 valence electrons. The lowest BCUT2D eigenvalue weighted by atomic mass is 10.2. The SMILES string of the molecule is Nc1ccc(C(=O)NCc2cccc([N+](=O)[O-])c2)cn1. The average Bonchev–Trinajstić information content (AvgIpc) is 2.46. The summed E-state index contributed by atoms with van der Waals surface area (Å²) in [6, 6.07) is 9.18. The predicted octanol–water partition coefficient (Wildman–Crippen LogP) is 1.50. The number of nitrogens with two attached hydrogens (primary N) is 1. The molecule has 1 heterocycles. The first-order chi connectivity index (χ1) is 9.56. The first kappa shape index (κ1) is 13.5. The Balaban J connectivity index is 2.01. The number of hydrogen-bond acceptors (Lipinski definition) is 5. The Hall–Kier alpha value is -2.96.